The molecule has 2 rings (SSSR count). The second-order valence-electron chi connectivity index (χ2n) is 5.97. The van der Waals surface area contributed by atoms with Crippen LogP contribution in [-0.4, -0.2) is 38.6 Å². The molecule has 0 aliphatic rings. The van der Waals surface area contributed by atoms with Gasteiger partial charge in [0.05, 0.1) is 6.26 Å². The molecule has 8 heteroatoms. The van der Waals surface area contributed by atoms with E-state index in [1.54, 1.807) is 24.3 Å². The van der Waals surface area contributed by atoms with Gasteiger partial charge in [-0.1, -0.05) is 18.2 Å². The van der Waals surface area contributed by atoms with Crippen LogP contribution >= 0.6 is 0 Å². The Hall–Kier alpha value is -2.87. The van der Waals surface area contributed by atoms with Gasteiger partial charge in [0, 0.05) is 11.3 Å². The highest BCUT2D eigenvalue weighted by Crippen LogP contribution is 2.15. The quantitative estimate of drug-likeness (QED) is 0.549. The average Bonchev–Trinajstić information content (AvgIpc) is 2.61. The highest BCUT2D eigenvalue weighted by atomic mass is 32.2. The van der Waals surface area contributed by atoms with Gasteiger partial charge in [-0.2, -0.15) is 0 Å². The molecular formula is C19H21NO6S. The van der Waals surface area contributed by atoms with E-state index < -0.39 is 34.0 Å². The van der Waals surface area contributed by atoms with Gasteiger partial charge in [0.15, 0.2) is 12.2 Å². The molecule has 2 unspecified atom stereocenters. The van der Waals surface area contributed by atoms with E-state index in [1.807, 2.05) is 6.07 Å². The first-order valence-electron chi connectivity index (χ1n) is 8.20. The van der Waals surface area contributed by atoms with Crippen molar-refractivity contribution in [2.24, 2.45) is 0 Å². The fourth-order valence-corrected chi connectivity index (χ4v) is 2.79. The van der Waals surface area contributed by atoms with Crippen molar-refractivity contribution in [1.82, 2.24) is 0 Å². The molecule has 0 fully saturated rings. The first-order valence-corrected chi connectivity index (χ1v) is 10.1. The molecule has 2 atom stereocenters. The van der Waals surface area contributed by atoms with Crippen molar-refractivity contribution >= 4 is 27.5 Å². The second-order valence-corrected chi connectivity index (χ2v) is 7.72. The molecule has 0 saturated heterocycles. The molecule has 0 heterocycles. The summed E-state index contributed by atoms with van der Waals surface area (Å²) >= 11 is 0. The van der Waals surface area contributed by atoms with Crippen LogP contribution in [0.1, 0.15) is 24.2 Å². The number of esters is 1. The summed E-state index contributed by atoms with van der Waals surface area (Å²) in [7, 11) is -3.40. The standard InChI is InChI=1S/C19H21NO6S/c1-13(26-19(22)14(2)25-17-7-5-4-6-8-17)18(21)15-9-11-16(12-10-15)20-27(3,23)24/h4-14,20H,1-3H3. The number of anilines is 1. The summed E-state index contributed by atoms with van der Waals surface area (Å²) in [5, 5.41) is 0. The van der Waals surface area contributed by atoms with Crippen LogP contribution in [0.25, 0.3) is 0 Å². The summed E-state index contributed by atoms with van der Waals surface area (Å²) in [6, 6.07) is 14.7. The number of rotatable bonds is 8. The van der Waals surface area contributed by atoms with E-state index in [0.717, 1.165) is 6.26 Å². The van der Waals surface area contributed by atoms with Crippen molar-refractivity contribution in [3.8, 4) is 5.75 Å². The Labute approximate surface area is 158 Å². The molecule has 0 aromatic heterocycles. The molecule has 2 aromatic rings. The third-order valence-corrected chi connectivity index (χ3v) is 4.13. The molecule has 2 aromatic carbocycles. The average molecular weight is 391 g/mol. The monoisotopic (exact) mass is 391 g/mol. The highest BCUT2D eigenvalue weighted by molar-refractivity contribution is 7.92. The number of hydrogen-bond donors (Lipinski definition) is 1. The van der Waals surface area contributed by atoms with E-state index in [1.165, 1.54) is 38.1 Å². The lowest BCUT2D eigenvalue weighted by Crippen LogP contribution is -2.32. The van der Waals surface area contributed by atoms with Crippen LogP contribution in [0, 0.1) is 0 Å². The van der Waals surface area contributed by atoms with Crippen molar-refractivity contribution in [2.45, 2.75) is 26.1 Å². The van der Waals surface area contributed by atoms with Gasteiger partial charge in [0.2, 0.25) is 15.8 Å². The van der Waals surface area contributed by atoms with Crippen molar-refractivity contribution in [2.75, 3.05) is 11.0 Å². The Morgan fingerprint density at radius 2 is 1.52 bits per heavy atom. The number of carbonyl (C=O) groups is 2. The molecule has 0 saturated carbocycles. The first kappa shape index (κ1) is 20.4. The van der Waals surface area contributed by atoms with Crippen LogP contribution in [0.4, 0.5) is 5.69 Å². The number of ketones is 1. The molecule has 1 N–H and O–H groups in total. The topological polar surface area (TPSA) is 98.8 Å². The predicted molar refractivity (Wildman–Crippen MR) is 101 cm³/mol. The lowest BCUT2D eigenvalue weighted by molar-refractivity contribution is -0.153. The summed E-state index contributed by atoms with van der Waals surface area (Å²) in [5.41, 5.74) is 0.634. The maximum absolute atomic E-state index is 12.4. The van der Waals surface area contributed by atoms with E-state index in [-0.39, 0.29) is 0 Å². The van der Waals surface area contributed by atoms with Gasteiger partial charge in [-0.3, -0.25) is 9.52 Å². The van der Waals surface area contributed by atoms with Crippen LogP contribution in [0.15, 0.2) is 54.6 Å². The molecule has 144 valence electrons. The molecule has 0 aliphatic carbocycles. The smallest absolute Gasteiger partial charge is 0.347 e. The fourth-order valence-electron chi connectivity index (χ4n) is 2.23. The summed E-state index contributed by atoms with van der Waals surface area (Å²) < 4.78 is 35.4. The maximum atomic E-state index is 12.4. The minimum atomic E-state index is -3.40. The summed E-state index contributed by atoms with van der Waals surface area (Å²) in [6.07, 6.45) is -0.844. The second kappa shape index (κ2) is 8.68. The number of hydrogen-bond acceptors (Lipinski definition) is 6. The van der Waals surface area contributed by atoms with E-state index in [2.05, 4.69) is 4.72 Å². The molecule has 0 bridgehead atoms. The van der Waals surface area contributed by atoms with Gasteiger partial charge in [0.25, 0.3) is 0 Å². The predicted octanol–water partition coefficient (Wildman–Crippen LogP) is 2.64. The van der Waals surface area contributed by atoms with Crippen LogP contribution in [0.5, 0.6) is 5.75 Å². The minimum absolute atomic E-state index is 0.297. The van der Waals surface area contributed by atoms with Crippen molar-refractivity contribution in [3.05, 3.63) is 60.2 Å². The number of benzene rings is 2. The zero-order valence-corrected chi connectivity index (χ0v) is 16.0. The third-order valence-electron chi connectivity index (χ3n) is 3.52. The number of sulfonamides is 1. The number of para-hydroxylation sites is 1. The van der Waals surface area contributed by atoms with Gasteiger partial charge in [-0.25, -0.2) is 13.2 Å². The van der Waals surface area contributed by atoms with E-state index >= 15 is 0 Å². The van der Waals surface area contributed by atoms with E-state index in [9.17, 15) is 18.0 Å². The van der Waals surface area contributed by atoms with Crippen molar-refractivity contribution < 1.29 is 27.5 Å². The third kappa shape index (κ3) is 6.41. The Morgan fingerprint density at radius 1 is 0.926 bits per heavy atom. The molecule has 0 spiro atoms. The molecule has 0 radical (unpaired) electrons. The van der Waals surface area contributed by atoms with E-state index in [4.69, 9.17) is 9.47 Å². The summed E-state index contributed by atoms with van der Waals surface area (Å²) in [6.45, 7) is 3.01. The molecule has 7 nitrogen and oxygen atoms in total. The zero-order valence-electron chi connectivity index (χ0n) is 15.2. The Balaban J connectivity index is 1.95. The maximum Gasteiger partial charge on any atom is 0.347 e. The van der Waals surface area contributed by atoms with Gasteiger partial charge in [-0.15, -0.1) is 0 Å². The van der Waals surface area contributed by atoms with Crippen LogP contribution < -0.4 is 9.46 Å². The van der Waals surface area contributed by atoms with Crippen molar-refractivity contribution in [3.63, 3.8) is 0 Å². The lowest BCUT2D eigenvalue weighted by atomic mass is 10.1. The summed E-state index contributed by atoms with van der Waals surface area (Å²) in [5.74, 6) is -0.536. The Kier molecular flexibility index (Phi) is 6.57. The fraction of sp³-hybridized carbons (Fsp3) is 0.263. The number of carbonyl (C=O) groups excluding carboxylic acids is 2. The largest absolute Gasteiger partial charge is 0.479 e. The van der Waals surface area contributed by atoms with Crippen LogP contribution in [0.2, 0.25) is 0 Å². The number of nitrogens with one attached hydrogen (secondary N) is 1. The molecule has 0 amide bonds. The van der Waals surface area contributed by atoms with Crippen molar-refractivity contribution in [1.29, 1.82) is 0 Å². The highest BCUT2D eigenvalue weighted by Gasteiger charge is 2.24. The van der Waals surface area contributed by atoms with Gasteiger partial charge >= 0.3 is 5.97 Å². The van der Waals surface area contributed by atoms with Gasteiger partial charge in [0.1, 0.15) is 5.75 Å². The Morgan fingerprint density at radius 3 is 2.07 bits per heavy atom. The number of ether oxygens (including phenoxy) is 2. The Bertz CT molecular complexity index is 894. The minimum Gasteiger partial charge on any atom is -0.479 e. The lowest BCUT2D eigenvalue weighted by Gasteiger charge is -2.17. The van der Waals surface area contributed by atoms with E-state index in [0.29, 0.717) is 17.0 Å². The van der Waals surface area contributed by atoms with Crippen LogP contribution in [-0.2, 0) is 19.6 Å². The molecule has 27 heavy (non-hydrogen) atoms. The SMILES string of the molecule is CC(Oc1ccccc1)C(=O)OC(C)C(=O)c1ccc(NS(C)(=O)=O)cc1. The number of Topliss-reactive ketones (excluding diaryl/α,β-unsaturated/α-hetero) is 1. The van der Waals surface area contributed by atoms with Gasteiger partial charge in [-0.05, 0) is 50.2 Å². The van der Waals surface area contributed by atoms with Crippen LogP contribution in [0.3, 0.4) is 0 Å². The molecular weight excluding hydrogens is 370 g/mol. The van der Waals surface area contributed by atoms with Gasteiger partial charge < -0.3 is 9.47 Å². The summed E-state index contributed by atoms with van der Waals surface area (Å²) in [4.78, 5) is 24.5. The zero-order chi connectivity index (χ0) is 20.0. The molecule has 0 aliphatic heterocycles. The normalized spacial score (nSPS) is 13.3. The first-order chi connectivity index (χ1) is 12.7.